The van der Waals surface area contributed by atoms with Gasteiger partial charge in [-0.25, -0.2) is 0 Å². The molecule has 1 aliphatic heterocycles. The summed E-state index contributed by atoms with van der Waals surface area (Å²) in [5.74, 6) is 0.164. The second-order valence-corrected chi connectivity index (χ2v) is 6.77. The van der Waals surface area contributed by atoms with Crippen molar-refractivity contribution in [1.29, 1.82) is 0 Å². The number of amides is 1. The topological polar surface area (TPSA) is 55.6 Å². The summed E-state index contributed by atoms with van der Waals surface area (Å²) < 4.78 is 6.01. The number of morpholine rings is 1. The molecule has 140 valence electrons. The highest BCUT2D eigenvalue weighted by Crippen LogP contribution is 2.27. The van der Waals surface area contributed by atoms with E-state index in [-0.39, 0.29) is 30.5 Å². The van der Waals surface area contributed by atoms with Crippen molar-refractivity contribution in [3.63, 3.8) is 0 Å². The number of hydrogen-bond donors (Lipinski definition) is 1. The maximum atomic E-state index is 12.8. The molecule has 3 rings (SSSR count). The lowest BCUT2D eigenvalue weighted by Crippen LogP contribution is -2.48. The van der Waals surface area contributed by atoms with Gasteiger partial charge in [0.2, 0.25) is 5.91 Å². The number of hydrogen-bond acceptors (Lipinski definition) is 3. The van der Waals surface area contributed by atoms with Crippen molar-refractivity contribution in [2.45, 2.75) is 38.8 Å². The molecule has 1 fully saturated rings. The fraction of sp³-hybridized carbons (Fsp3) is 0.381. The predicted molar refractivity (Wildman–Crippen MR) is 107 cm³/mol. The molecule has 0 spiro atoms. The average Bonchev–Trinajstić information content (AvgIpc) is 2.62. The lowest BCUT2D eigenvalue weighted by atomic mass is 10.0. The first-order valence-electron chi connectivity index (χ1n) is 8.86. The first kappa shape index (κ1) is 20.3. The van der Waals surface area contributed by atoms with Crippen LogP contribution in [0.15, 0.2) is 48.5 Å². The van der Waals surface area contributed by atoms with Crippen LogP contribution in [0.2, 0.25) is 0 Å². The van der Waals surface area contributed by atoms with E-state index >= 15 is 0 Å². The molecule has 0 radical (unpaired) electrons. The third-order valence-corrected chi connectivity index (χ3v) is 4.95. The van der Waals surface area contributed by atoms with Gasteiger partial charge in [0, 0.05) is 12.1 Å². The maximum absolute atomic E-state index is 12.8. The Kier molecular flexibility index (Phi) is 7.06. The van der Waals surface area contributed by atoms with Gasteiger partial charge >= 0.3 is 0 Å². The van der Waals surface area contributed by atoms with Gasteiger partial charge in [-0.2, -0.15) is 0 Å². The largest absolute Gasteiger partial charge is 0.399 e. The van der Waals surface area contributed by atoms with Gasteiger partial charge < -0.3 is 15.4 Å². The van der Waals surface area contributed by atoms with Gasteiger partial charge in [-0.1, -0.05) is 42.5 Å². The van der Waals surface area contributed by atoms with E-state index in [9.17, 15) is 4.79 Å². The number of rotatable bonds is 4. The van der Waals surface area contributed by atoms with Crippen molar-refractivity contribution in [3.8, 4) is 0 Å². The Bertz CT molecular complexity index is 750. The molecule has 2 unspecified atom stereocenters. The molecule has 26 heavy (non-hydrogen) atoms. The van der Waals surface area contributed by atoms with Gasteiger partial charge in [0.05, 0.1) is 19.2 Å². The molecule has 0 aliphatic carbocycles. The quantitative estimate of drug-likeness (QED) is 0.825. The first-order chi connectivity index (χ1) is 12.1. The van der Waals surface area contributed by atoms with Crippen LogP contribution in [0.25, 0.3) is 0 Å². The number of nitrogen functional groups attached to an aromatic ring is 1. The van der Waals surface area contributed by atoms with E-state index in [0.29, 0.717) is 26.0 Å². The summed E-state index contributed by atoms with van der Waals surface area (Å²) in [5.41, 5.74) is 10.1. The van der Waals surface area contributed by atoms with Gasteiger partial charge in [-0.3, -0.25) is 4.79 Å². The second-order valence-electron chi connectivity index (χ2n) is 6.77. The summed E-state index contributed by atoms with van der Waals surface area (Å²) in [6, 6.07) is 16.1. The van der Waals surface area contributed by atoms with Gasteiger partial charge in [-0.05, 0) is 43.0 Å². The monoisotopic (exact) mass is 374 g/mol. The molecule has 2 aromatic carbocycles. The molecular weight excluding hydrogens is 348 g/mol. The molecule has 1 amide bonds. The molecule has 0 bridgehead atoms. The van der Waals surface area contributed by atoms with Crippen LogP contribution in [0.5, 0.6) is 0 Å². The summed E-state index contributed by atoms with van der Waals surface area (Å²) in [7, 11) is 0. The molecule has 1 heterocycles. The fourth-order valence-corrected chi connectivity index (χ4v) is 3.39. The second kappa shape index (κ2) is 9.06. The number of aryl methyl sites for hydroxylation is 2. The molecule has 1 saturated heterocycles. The number of carbonyl (C=O) groups is 1. The summed E-state index contributed by atoms with van der Waals surface area (Å²) in [6.45, 7) is 5.30. The summed E-state index contributed by atoms with van der Waals surface area (Å²) in [4.78, 5) is 14.7. The van der Waals surface area contributed by atoms with E-state index in [1.165, 1.54) is 11.1 Å². The lowest BCUT2D eigenvalue weighted by Gasteiger charge is -2.38. The number of benzene rings is 2. The Morgan fingerprint density at radius 3 is 2.62 bits per heavy atom. The van der Waals surface area contributed by atoms with Crippen molar-refractivity contribution in [1.82, 2.24) is 4.90 Å². The Hall–Kier alpha value is -2.04. The Morgan fingerprint density at radius 2 is 1.88 bits per heavy atom. The molecule has 1 aliphatic rings. The van der Waals surface area contributed by atoms with E-state index in [1.54, 1.807) is 0 Å². The van der Waals surface area contributed by atoms with Crippen molar-refractivity contribution in [2.75, 3.05) is 18.9 Å². The normalized spacial score (nSPS) is 19.7. The van der Waals surface area contributed by atoms with Crippen molar-refractivity contribution >= 4 is 24.0 Å². The highest BCUT2D eigenvalue weighted by molar-refractivity contribution is 5.85. The summed E-state index contributed by atoms with van der Waals surface area (Å²) in [6.07, 6.45) is 1.09. The van der Waals surface area contributed by atoms with Crippen LogP contribution in [0.4, 0.5) is 5.69 Å². The Balaban J connectivity index is 0.00000243. The number of carbonyl (C=O) groups excluding carboxylic acids is 1. The minimum Gasteiger partial charge on any atom is -0.399 e. The molecule has 5 heteroatoms. The molecule has 2 N–H and O–H groups in total. The van der Waals surface area contributed by atoms with Crippen LogP contribution >= 0.6 is 12.4 Å². The maximum Gasteiger partial charge on any atom is 0.223 e. The lowest BCUT2D eigenvalue weighted by molar-refractivity contribution is -0.144. The van der Waals surface area contributed by atoms with Crippen LogP contribution in [-0.2, 0) is 16.0 Å². The fourth-order valence-electron chi connectivity index (χ4n) is 3.39. The highest BCUT2D eigenvalue weighted by atomic mass is 35.5. The van der Waals surface area contributed by atoms with Gasteiger partial charge in [-0.15, -0.1) is 12.4 Å². The van der Waals surface area contributed by atoms with Gasteiger partial charge in [0.25, 0.3) is 0 Å². The van der Waals surface area contributed by atoms with E-state index in [2.05, 4.69) is 19.1 Å². The predicted octanol–water partition coefficient (Wildman–Crippen LogP) is 3.92. The van der Waals surface area contributed by atoms with E-state index in [1.807, 2.05) is 48.2 Å². The van der Waals surface area contributed by atoms with E-state index in [0.717, 1.165) is 11.3 Å². The standard InChI is InChI=1S/C21H26N2O2.ClH/c1-15-7-3-5-9-18(15)20-13-23(16(2)14-25-20)21(24)12-11-17-8-4-6-10-19(17)22;/h3-10,16,20H,11-14,22H2,1-2H3;1H. The summed E-state index contributed by atoms with van der Waals surface area (Å²) >= 11 is 0. The van der Waals surface area contributed by atoms with Gasteiger partial charge in [0.15, 0.2) is 0 Å². The number of nitrogens with two attached hydrogens (primary N) is 1. The summed E-state index contributed by atoms with van der Waals surface area (Å²) in [5, 5.41) is 0. The third kappa shape index (κ3) is 4.57. The van der Waals surface area contributed by atoms with E-state index < -0.39 is 0 Å². The minimum atomic E-state index is -0.0526. The molecule has 2 aromatic rings. The van der Waals surface area contributed by atoms with Crippen LogP contribution in [0.3, 0.4) is 0 Å². The molecule has 0 saturated carbocycles. The van der Waals surface area contributed by atoms with E-state index in [4.69, 9.17) is 10.5 Å². The zero-order valence-corrected chi connectivity index (χ0v) is 16.2. The Labute approximate surface area is 161 Å². The van der Waals surface area contributed by atoms with Crippen molar-refractivity contribution in [2.24, 2.45) is 0 Å². The molecular formula is C21H27ClN2O2. The number of ether oxygens (including phenoxy) is 1. The number of nitrogens with zero attached hydrogens (tertiary/aromatic N) is 1. The minimum absolute atomic E-state index is 0. The SMILES string of the molecule is Cc1ccccc1C1CN(C(=O)CCc2ccccc2N)C(C)CO1.Cl. The van der Waals surface area contributed by atoms with Crippen molar-refractivity contribution in [3.05, 3.63) is 65.2 Å². The van der Waals surface area contributed by atoms with Crippen molar-refractivity contribution < 1.29 is 9.53 Å². The molecule has 2 atom stereocenters. The number of para-hydroxylation sites is 1. The zero-order chi connectivity index (χ0) is 17.8. The highest BCUT2D eigenvalue weighted by Gasteiger charge is 2.30. The van der Waals surface area contributed by atoms with Crippen LogP contribution in [0.1, 0.15) is 36.1 Å². The first-order valence-corrected chi connectivity index (χ1v) is 8.86. The van der Waals surface area contributed by atoms with Crippen LogP contribution < -0.4 is 5.73 Å². The third-order valence-electron chi connectivity index (χ3n) is 4.95. The van der Waals surface area contributed by atoms with Gasteiger partial charge in [0.1, 0.15) is 6.10 Å². The van der Waals surface area contributed by atoms with Crippen LogP contribution in [0, 0.1) is 6.92 Å². The number of halogens is 1. The van der Waals surface area contributed by atoms with Crippen LogP contribution in [-0.4, -0.2) is 30.0 Å². The number of anilines is 1. The Morgan fingerprint density at radius 1 is 1.19 bits per heavy atom. The average molecular weight is 375 g/mol. The smallest absolute Gasteiger partial charge is 0.223 e. The molecule has 4 nitrogen and oxygen atoms in total. The zero-order valence-electron chi connectivity index (χ0n) is 15.4. The molecule has 0 aromatic heterocycles.